The van der Waals surface area contributed by atoms with Crippen molar-refractivity contribution in [3.8, 4) is 11.5 Å². The van der Waals surface area contributed by atoms with Crippen molar-refractivity contribution >= 4 is 57.8 Å². The van der Waals surface area contributed by atoms with E-state index in [2.05, 4.69) is 5.32 Å². The van der Waals surface area contributed by atoms with Gasteiger partial charge in [-0.3, -0.25) is 24.1 Å². The molecule has 3 amide bonds. The van der Waals surface area contributed by atoms with Crippen LogP contribution in [0.15, 0.2) is 84.2 Å². The van der Waals surface area contributed by atoms with Crippen molar-refractivity contribution in [2.24, 2.45) is 0 Å². The lowest BCUT2D eigenvalue weighted by Crippen LogP contribution is -2.46. The zero-order chi connectivity index (χ0) is 29.8. The first kappa shape index (κ1) is 28.8. The van der Waals surface area contributed by atoms with E-state index in [1.54, 1.807) is 78.9 Å². The topological polar surface area (TPSA) is 105 Å². The first-order valence-corrected chi connectivity index (χ1v) is 14.1. The Hall–Kier alpha value is -4.67. The quantitative estimate of drug-likeness (QED) is 0.245. The molecule has 0 aliphatic carbocycles. The second kappa shape index (κ2) is 12.5. The molecule has 3 aromatic carbocycles. The van der Waals surface area contributed by atoms with Gasteiger partial charge in [0.25, 0.3) is 17.6 Å². The summed E-state index contributed by atoms with van der Waals surface area (Å²) in [5.74, 6) is -1.58. The van der Waals surface area contributed by atoms with E-state index in [-0.39, 0.29) is 12.1 Å². The van der Waals surface area contributed by atoms with Gasteiger partial charge in [-0.15, -0.1) is 11.3 Å². The highest BCUT2D eigenvalue weighted by Crippen LogP contribution is 2.34. The van der Waals surface area contributed by atoms with E-state index in [1.165, 1.54) is 30.5 Å². The van der Waals surface area contributed by atoms with Gasteiger partial charge in [-0.2, -0.15) is 0 Å². The number of thiophene rings is 1. The smallest absolute Gasteiger partial charge is 0.299 e. The number of ketones is 1. The van der Waals surface area contributed by atoms with Gasteiger partial charge in [0.2, 0.25) is 5.91 Å². The number of para-hydroxylation sites is 1. The standard InChI is InChI=1S/C31H26ClN3O6S/c1-40-21-13-14-23(25(16-21)41-2)33-30(38)28(26-8-5-15-42-26)35(17-19-9-11-20(32)12-10-19)27(36)18-34-24-7-4-3-6-22(24)29(37)31(34)39/h3-16,28H,17-18H2,1-2H3,(H,33,38). The van der Waals surface area contributed by atoms with Gasteiger partial charge in [-0.05, 0) is 53.4 Å². The largest absolute Gasteiger partial charge is 0.497 e. The summed E-state index contributed by atoms with van der Waals surface area (Å²) >= 11 is 7.41. The zero-order valence-electron chi connectivity index (χ0n) is 22.7. The maximum atomic E-state index is 14.1. The SMILES string of the molecule is COc1ccc(NC(=O)C(c2cccs2)N(Cc2ccc(Cl)cc2)C(=O)CN2C(=O)C(=O)c3ccccc32)c(OC)c1. The zero-order valence-corrected chi connectivity index (χ0v) is 24.3. The van der Waals surface area contributed by atoms with Crippen molar-refractivity contribution in [2.45, 2.75) is 12.6 Å². The van der Waals surface area contributed by atoms with E-state index in [4.69, 9.17) is 21.1 Å². The van der Waals surface area contributed by atoms with Crippen molar-refractivity contribution in [2.75, 3.05) is 31.0 Å². The van der Waals surface area contributed by atoms with Crippen LogP contribution in [0.3, 0.4) is 0 Å². The first-order chi connectivity index (χ1) is 20.3. The minimum atomic E-state index is -1.08. The number of Topliss-reactive ketones (excluding diaryl/α,β-unsaturated/α-hetero) is 1. The van der Waals surface area contributed by atoms with Crippen LogP contribution in [0.2, 0.25) is 5.02 Å². The summed E-state index contributed by atoms with van der Waals surface area (Å²) in [6, 6.07) is 20.9. The average Bonchev–Trinajstić information content (AvgIpc) is 3.61. The van der Waals surface area contributed by atoms with Crippen LogP contribution in [-0.4, -0.2) is 49.2 Å². The fourth-order valence-electron chi connectivity index (χ4n) is 4.72. The van der Waals surface area contributed by atoms with Crippen LogP contribution in [-0.2, 0) is 20.9 Å². The minimum absolute atomic E-state index is 0.0311. The monoisotopic (exact) mass is 603 g/mol. The third-order valence-electron chi connectivity index (χ3n) is 6.80. The number of hydrogen-bond donors (Lipinski definition) is 1. The van der Waals surface area contributed by atoms with Crippen LogP contribution in [0.4, 0.5) is 11.4 Å². The summed E-state index contributed by atoms with van der Waals surface area (Å²) in [6.07, 6.45) is 0. The van der Waals surface area contributed by atoms with Crippen molar-refractivity contribution in [1.82, 2.24) is 4.90 Å². The molecule has 1 aliphatic heterocycles. The Morgan fingerprint density at radius 2 is 1.74 bits per heavy atom. The first-order valence-electron chi connectivity index (χ1n) is 12.9. The molecule has 1 aliphatic rings. The van der Waals surface area contributed by atoms with E-state index < -0.39 is 36.1 Å². The molecule has 0 spiro atoms. The molecule has 9 nitrogen and oxygen atoms in total. The Kier molecular flexibility index (Phi) is 8.56. The molecular weight excluding hydrogens is 578 g/mol. The molecular formula is C31H26ClN3O6S. The van der Waals surface area contributed by atoms with Gasteiger partial charge in [0, 0.05) is 22.5 Å². The lowest BCUT2D eigenvalue weighted by molar-refractivity contribution is -0.138. The molecule has 2 heterocycles. The second-order valence-corrected chi connectivity index (χ2v) is 10.8. The second-order valence-electron chi connectivity index (χ2n) is 9.36. The third kappa shape index (κ3) is 5.86. The Balaban J connectivity index is 1.52. The number of fused-ring (bicyclic) bond motifs is 1. The molecule has 0 saturated heterocycles. The Bertz CT molecular complexity index is 1640. The van der Waals surface area contributed by atoms with Gasteiger partial charge in [0.1, 0.15) is 24.1 Å². The predicted molar refractivity (Wildman–Crippen MR) is 160 cm³/mol. The predicted octanol–water partition coefficient (Wildman–Crippen LogP) is 5.36. The van der Waals surface area contributed by atoms with Crippen molar-refractivity contribution < 1.29 is 28.7 Å². The number of nitrogens with zero attached hydrogens (tertiary/aromatic N) is 2. The molecule has 4 aromatic rings. The van der Waals surface area contributed by atoms with Crippen molar-refractivity contribution in [3.05, 3.63) is 105 Å². The number of benzene rings is 3. The molecule has 11 heteroatoms. The van der Waals surface area contributed by atoms with Gasteiger partial charge in [-0.1, -0.05) is 41.9 Å². The van der Waals surface area contributed by atoms with Crippen molar-refractivity contribution in [3.63, 3.8) is 0 Å². The summed E-state index contributed by atoms with van der Waals surface area (Å²) in [4.78, 5) is 56.8. The summed E-state index contributed by atoms with van der Waals surface area (Å²) < 4.78 is 10.7. The fraction of sp³-hybridized carbons (Fsp3) is 0.161. The number of methoxy groups -OCH3 is 2. The number of rotatable bonds is 10. The molecule has 0 saturated carbocycles. The van der Waals surface area contributed by atoms with E-state index in [9.17, 15) is 19.2 Å². The lowest BCUT2D eigenvalue weighted by atomic mass is 10.1. The van der Waals surface area contributed by atoms with Gasteiger partial charge in [-0.25, -0.2) is 0 Å². The van der Waals surface area contributed by atoms with E-state index >= 15 is 0 Å². The molecule has 0 bridgehead atoms. The van der Waals surface area contributed by atoms with Gasteiger partial charge in [0.05, 0.1) is 31.2 Å². The van der Waals surface area contributed by atoms with Crippen LogP contribution < -0.4 is 19.7 Å². The Morgan fingerprint density at radius 3 is 2.43 bits per heavy atom. The number of carbonyl (C=O) groups is 4. The highest BCUT2D eigenvalue weighted by Gasteiger charge is 2.39. The van der Waals surface area contributed by atoms with Gasteiger partial charge in [0.15, 0.2) is 0 Å². The summed E-state index contributed by atoms with van der Waals surface area (Å²) in [5.41, 5.74) is 1.69. The van der Waals surface area contributed by atoms with E-state index in [1.807, 2.05) is 5.38 Å². The molecule has 0 fully saturated rings. The maximum absolute atomic E-state index is 14.1. The van der Waals surface area contributed by atoms with Crippen LogP contribution in [0.5, 0.6) is 11.5 Å². The van der Waals surface area contributed by atoms with Gasteiger partial charge >= 0.3 is 0 Å². The Morgan fingerprint density at radius 1 is 0.976 bits per heavy atom. The average molecular weight is 604 g/mol. The number of ether oxygens (including phenoxy) is 2. The number of hydrogen-bond acceptors (Lipinski definition) is 7. The number of halogens is 1. The summed E-state index contributed by atoms with van der Waals surface area (Å²) in [7, 11) is 3.00. The molecule has 5 rings (SSSR count). The molecule has 1 atom stereocenters. The molecule has 42 heavy (non-hydrogen) atoms. The summed E-state index contributed by atoms with van der Waals surface area (Å²) in [5, 5.41) is 5.23. The third-order valence-corrected chi connectivity index (χ3v) is 7.97. The van der Waals surface area contributed by atoms with Crippen LogP contribution in [0.25, 0.3) is 0 Å². The van der Waals surface area contributed by atoms with Crippen LogP contribution in [0.1, 0.15) is 26.8 Å². The van der Waals surface area contributed by atoms with E-state index in [0.29, 0.717) is 38.3 Å². The highest BCUT2D eigenvalue weighted by molar-refractivity contribution is 7.10. The van der Waals surface area contributed by atoms with Crippen LogP contribution in [0, 0.1) is 0 Å². The normalized spacial score (nSPS) is 13.0. The lowest BCUT2D eigenvalue weighted by Gasteiger charge is -2.32. The van der Waals surface area contributed by atoms with E-state index in [0.717, 1.165) is 4.90 Å². The molecule has 1 N–H and O–H groups in total. The van der Waals surface area contributed by atoms with Crippen molar-refractivity contribution in [1.29, 1.82) is 0 Å². The number of anilines is 2. The number of amides is 3. The molecule has 0 radical (unpaired) electrons. The fourth-order valence-corrected chi connectivity index (χ4v) is 5.68. The maximum Gasteiger partial charge on any atom is 0.299 e. The minimum Gasteiger partial charge on any atom is -0.497 e. The molecule has 214 valence electrons. The molecule has 1 unspecified atom stereocenters. The number of nitrogens with one attached hydrogen (secondary N) is 1. The summed E-state index contributed by atoms with van der Waals surface area (Å²) in [6.45, 7) is -0.403. The number of carbonyl (C=O) groups excluding carboxylic acids is 4. The highest BCUT2D eigenvalue weighted by atomic mass is 35.5. The Labute approximate surface area is 251 Å². The van der Waals surface area contributed by atoms with Crippen LogP contribution >= 0.6 is 22.9 Å². The molecule has 1 aromatic heterocycles. The van der Waals surface area contributed by atoms with Gasteiger partial charge < -0.3 is 19.7 Å².